The van der Waals surface area contributed by atoms with E-state index in [1.807, 2.05) is 0 Å². The molecule has 14 heteroatoms. The lowest BCUT2D eigenvalue weighted by Crippen LogP contribution is -2.42. The van der Waals surface area contributed by atoms with Gasteiger partial charge in [0.1, 0.15) is 16.9 Å². The van der Waals surface area contributed by atoms with Crippen LogP contribution in [0, 0.1) is 0 Å². The summed E-state index contributed by atoms with van der Waals surface area (Å²) in [5, 5.41) is 9.09. The van der Waals surface area contributed by atoms with Gasteiger partial charge in [-0.15, -0.1) is 0 Å². The first-order valence-corrected chi connectivity index (χ1v) is 12.6. The topological polar surface area (TPSA) is 115 Å². The van der Waals surface area contributed by atoms with Gasteiger partial charge in [-0.1, -0.05) is 41.9 Å². The minimum absolute atomic E-state index is 0.0687. The van der Waals surface area contributed by atoms with Crippen LogP contribution in [0.25, 0.3) is 0 Å². The number of halogens is 4. The van der Waals surface area contributed by atoms with E-state index < -0.39 is 63.3 Å². The zero-order valence-electron chi connectivity index (χ0n) is 19.4. The Bertz CT molecular complexity index is 1100. The largest absolute Gasteiger partial charge is 0.472 e. The molecule has 1 aromatic carbocycles. The number of carboxylic acid groups (broad SMARTS) is 1. The SMILES string of the molecule is COCCOC(C)CC(CS(=O)(=O)N(Cc1ccccc1)C(=O)O)Oc1ncc(C(F)(F)F)cc1Cl. The lowest BCUT2D eigenvalue weighted by atomic mass is 10.2. The highest BCUT2D eigenvalue weighted by molar-refractivity contribution is 7.89. The van der Waals surface area contributed by atoms with Crippen molar-refractivity contribution >= 4 is 27.7 Å². The molecule has 0 saturated heterocycles. The molecule has 0 spiro atoms. The van der Waals surface area contributed by atoms with Crippen molar-refractivity contribution in [3.8, 4) is 5.88 Å². The number of hydrogen-bond acceptors (Lipinski definition) is 7. The minimum atomic E-state index is -4.69. The summed E-state index contributed by atoms with van der Waals surface area (Å²) >= 11 is 5.92. The molecule has 1 amide bonds. The number of nitrogens with zero attached hydrogens (tertiary/aromatic N) is 2. The molecule has 200 valence electrons. The number of alkyl halides is 3. The number of hydrogen-bond donors (Lipinski definition) is 1. The van der Waals surface area contributed by atoms with E-state index >= 15 is 0 Å². The Morgan fingerprint density at radius 3 is 2.44 bits per heavy atom. The van der Waals surface area contributed by atoms with Crippen molar-refractivity contribution in [1.29, 1.82) is 0 Å². The molecule has 1 heterocycles. The van der Waals surface area contributed by atoms with Crippen LogP contribution in [-0.4, -0.2) is 67.2 Å². The molecule has 2 unspecified atom stereocenters. The number of sulfonamides is 1. The molecule has 0 saturated carbocycles. The fourth-order valence-corrected chi connectivity index (χ4v) is 4.75. The van der Waals surface area contributed by atoms with Crippen LogP contribution in [-0.2, 0) is 32.2 Å². The van der Waals surface area contributed by atoms with Crippen LogP contribution in [0.15, 0.2) is 42.6 Å². The fourth-order valence-electron chi connectivity index (χ4n) is 3.11. The van der Waals surface area contributed by atoms with Crippen molar-refractivity contribution in [3.05, 3.63) is 58.7 Å². The van der Waals surface area contributed by atoms with E-state index in [-0.39, 0.29) is 23.9 Å². The third-order valence-corrected chi connectivity index (χ3v) is 6.83. The van der Waals surface area contributed by atoms with Crippen molar-refractivity contribution in [1.82, 2.24) is 9.29 Å². The molecule has 0 bridgehead atoms. The number of benzene rings is 1. The number of rotatable bonds is 13. The molecule has 0 radical (unpaired) electrons. The highest BCUT2D eigenvalue weighted by atomic mass is 35.5. The quantitative estimate of drug-likeness (QED) is 0.361. The van der Waals surface area contributed by atoms with Gasteiger partial charge in [0.15, 0.2) is 0 Å². The number of methoxy groups -OCH3 is 1. The molecular formula is C22H26ClF3N2O7S. The van der Waals surface area contributed by atoms with Gasteiger partial charge in [-0.2, -0.15) is 17.5 Å². The molecule has 36 heavy (non-hydrogen) atoms. The number of amides is 1. The monoisotopic (exact) mass is 554 g/mol. The average molecular weight is 555 g/mol. The highest BCUT2D eigenvalue weighted by Crippen LogP contribution is 2.33. The number of ether oxygens (including phenoxy) is 3. The summed E-state index contributed by atoms with van der Waals surface area (Å²) in [6, 6.07) is 8.69. The smallest absolute Gasteiger partial charge is 0.421 e. The first-order valence-electron chi connectivity index (χ1n) is 10.6. The van der Waals surface area contributed by atoms with Crippen LogP contribution in [0.5, 0.6) is 5.88 Å². The van der Waals surface area contributed by atoms with Crippen molar-refractivity contribution in [2.75, 3.05) is 26.1 Å². The van der Waals surface area contributed by atoms with Crippen LogP contribution < -0.4 is 4.74 Å². The van der Waals surface area contributed by atoms with Crippen molar-refractivity contribution in [3.63, 3.8) is 0 Å². The van der Waals surface area contributed by atoms with E-state index in [9.17, 15) is 31.5 Å². The van der Waals surface area contributed by atoms with Gasteiger partial charge >= 0.3 is 12.3 Å². The van der Waals surface area contributed by atoms with Gasteiger partial charge in [0.2, 0.25) is 15.9 Å². The van der Waals surface area contributed by atoms with Crippen LogP contribution >= 0.6 is 11.6 Å². The second-order valence-electron chi connectivity index (χ2n) is 7.71. The molecule has 2 rings (SSSR count). The van der Waals surface area contributed by atoms with Crippen LogP contribution in [0.3, 0.4) is 0 Å². The number of aromatic nitrogens is 1. The van der Waals surface area contributed by atoms with E-state index in [0.29, 0.717) is 17.8 Å². The third-order valence-electron chi connectivity index (χ3n) is 4.81. The van der Waals surface area contributed by atoms with Crippen molar-refractivity contribution in [2.45, 2.75) is 38.3 Å². The van der Waals surface area contributed by atoms with Crippen LogP contribution in [0.4, 0.5) is 18.0 Å². The minimum Gasteiger partial charge on any atom is -0.472 e. The van der Waals surface area contributed by atoms with E-state index in [4.69, 9.17) is 25.8 Å². The standard InChI is InChI=1S/C22H26ClF3N2O7S/c1-15(34-9-8-33-2)10-18(35-20-19(23)11-17(12-27-20)22(24,25)26)14-36(31,32)28(21(29)30)13-16-6-4-3-5-7-16/h3-7,11-12,15,18H,8-10,13-14H2,1-2H3,(H,29,30). The second-order valence-corrected chi connectivity index (χ2v) is 10.1. The second kappa shape index (κ2) is 13.1. The molecule has 0 aliphatic heterocycles. The summed E-state index contributed by atoms with van der Waals surface area (Å²) in [4.78, 5) is 15.4. The Morgan fingerprint density at radius 2 is 1.89 bits per heavy atom. The summed E-state index contributed by atoms with van der Waals surface area (Å²) in [6.07, 6.45) is -7.80. The van der Waals surface area contributed by atoms with Gasteiger partial charge in [-0.05, 0) is 18.6 Å². The van der Waals surface area contributed by atoms with Crippen molar-refractivity contribution in [2.24, 2.45) is 0 Å². The van der Waals surface area contributed by atoms with Gasteiger partial charge in [-0.25, -0.2) is 18.2 Å². The molecule has 0 aliphatic carbocycles. The normalized spacial score (nSPS) is 13.7. The van der Waals surface area contributed by atoms with Crippen LogP contribution in [0.1, 0.15) is 24.5 Å². The number of pyridine rings is 1. The lowest BCUT2D eigenvalue weighted by Gasteiger charge is -2.26. The molecule has 2 aromatic rings. The highest BCUT2D eigenvalue weighted by Gasteiger charge is 2.34. The van der Waals surface area contributed by atoms with Gasteiger partial charge < -0.3 is 19.3 Å². The molecule has 1 N–H and O–H groups in total. The summed E-state index contributed by atoms with van der Waals surface area (Å²) in [5.41, 5.74) is -0.676. The van der Waals surface area contributed by atoms with Gasteiger partial charge in [-0.3, -0.25) is 0 Å². The number of carbonyl (C=O) groups is 1. The Morgan fingerprint density at radius 1 is 1.22 bits per heavy atom. The van der Waals surface area contributed by atoms with E-state index in [1.165, 1.54) is 7.11 Å². The Hall–Kier alpha value is -2.61. The maximum absolute atomic E-state index is 13.1. The van der Waals surface area contributed by atoms with Crippen LogP contribution in [0.2, 0.25) is 5.02 Å². The maximum atomic E-state index is 13.1. The zero-order valence-corrected chi connectivity index (χ0v) is 21.0. The maximum Gasteiger partial charge on any atom is 0.421 e. The molecule has 0 fully saturated rings. The molecule has 0 aliphatic rings. The summed E-state index contributed by atoms with van der Waals surface area (Å²) in [6.45, 7) is 1.64. The first kappa shape index (κ1) is 29.6. The molecule has 1 aromatic heterocycles. The summed E-state index contributed by atoms with van der Waals surface area (Å²) in [7, 11) is -3.01. The summed E-state index contributed by atoms with van der Waals surface area (Å²) < 4.78 is 81.3. The first-order chi connectivity index (χ1) is 16.8. The van der Waals surface area contributed by atoms with E-state index in [0.717, 1.165) is 0 Å². The molecule has 2 atom stereocenters. The third kappa shape index (κ3) is 9.12. The zero-order chi connectivity index (χ0) is 26.9. The fraction of sp³-hybridized carbons (Fsp3) is 0.455. The Kier molecular flexibility index (Phi) is 10.8. The Labute approximate surface area is 211 Å². The molecule has 9 nitrogen and oxygen atoms in total. The van der Waals surface area contributed by atoms with Gasteiger partial charge in [0.25, 0.3) is 0 Å². The van der Waals surface area contributed by atoms with Crippen molar-refractivity contribution < 1.29 is 45.7 Å². The predicted molar refractivity (Wildman–Crippen MR) is 124 cm³/mol. The summed E-state index contributed by atoms with van der Waals surface area (Å²) in [5.74, 6) is -1.26. The molecular weight excluding hydrogens is 529 g/mol. The van der Waals surface area contributed by atoms with Gasteiger partial charge in [0, 0.05) is 19.7 Å². The van der Waals surface area contributed by atoms with E-state index in [1.54, 1.807) is 37.3 Å². The van der Waals surface area contributed by atoms with Gasteiger partial charge in [0.05, 0.1) is 31.4 Å². The predicted octanol–water partition coefficient (Wildman–Crippen LogP) is 4.45. The lowest BCUT2D eigenvalue weighted by molar-refractivity contribution is -0.137. The van der Waals surface area contributed by atoms with E-state index in [2.05, 4.69) is 4.98 Å². The average Bonchev–Trinajstić information content (AvgIpc) is 2.78. The Balaban J connectivity index is 2.30.